The van der Waals surface area contributed by atoms with Crippen molar-refractivity contribution in [1.82, 2.24) is 4.57 Å². The zero-order chi connectivity index (χ0) is 15.1. The van der Waals surface area contributed by atoms with E-state index in [1.54, 1.807) is 18.2 Å². The first-order chi connectivity index (χ1) is 10.8. The molecule has 106 valence electrons. The van der Waals surface area contributed by atoms with E-state index in [9.17, 15) is 9.18 Å². The van der Waals surface area contributed by atoms with E-state index < -0.39 is 0 Å². The third kappa shape index (κ3) is 1.83. The number of aromatic nitrogens is 1. The highest BCUT2D eigenvalue weighted by molar-refractivity contribution is 5.95. The quantitative estimate of drug-likeness (QED) is 0.479. The molecule has 1 aromatic heterocycles. The lowest BCUT2D eigenvalue weighted by Gasteiger charge is -2.15. The van der Waals surface area contributed by atoms with Gasteiger partial charge in [0.15, 0.2) is 5.43 Å². The fourth-order valence-corrected chi connectivity index (χ4v) is 2.89. The van der Waals surface area contributed by atoms with Crippen LogP contribution in [0.2, 0.25) is 0 Å². The van der Waals surface area contributed by atoms with E-state index in [0.29, 0.717) is 16.5 Å². The minimum absolute atomic E-state index is 0.00106. The van der Waals surface area contributed by atoms with Gasteiger partial charge in [0.05, 0.1) is 11.0 Å². The largest absolute Gasteiger partial charge is 0.309 e. The molecule has 0 atom stereocenters. The highest BCUT2D eigenvalue weighted by atomic mass is 19.1. The molecule has 0 N–H and O–H groups in total. The summed E-state index contributed by atoms with van der Waals surface area (Å²) >= 11 is 0. The second kappa shape index (κ2) is 4.81. The summed E-state index contributed by atoms with van der Waals surface area (Å²) in [5.74, 6) is -0.302. The SMILES string of the molecule is O=c1c2ccccc2n(-c2cccc(F)c2)c2ccccc12. The number of para-hydroxylation sites is 2. The zero-order valence-corrected chi connectivity index (χ0v) is 11.7. The Bertz CT molecular complexity index is 1010. The number of pyridine rings is 1. The summed E-state index contributed by atoms with van der Waals surface area (Å²) in [5, 5.41) is 1.26. The highest BCUT2D eigenvalue weighted by Gasteiger charge is 2.11. The molecule has 0 saturated heterocycles. The molecule has 0 amide bonds. The monoisotopic (exact) mass is 289 g/mol. The lowest BCUT2D eigenvalue weighted by molar-refractivity contribution is 0.627. The van der Waals surface area contributed by atoms with Crippen molar-refractivity contribution in [2.75, 3.05) is 0 Å². The van der Waals surface area contributed by atoms with E-state index >= 15 is 0 Å². The van der Waals surface area contributed by atoms with Crippen LogP contribution in [0.3, 0.4) is 0 Å². The summed E-state index contributed by atoms with van der Waals surface area (Å²) < 4.78 is 15.6. The van der Waals surface area contributed by atoms with Crippen molar-refractivity contribution in [3.05, 3.63) is 88.8 Å². The van der Waals surface area contributed by atoms with Gasteiger partial charge in [-0.3, -0.25) is 4.79 Å². The first-order valence-corrected chi connectivity index (χ1v) is 7.04. The fraction of sp³-hybridized carbons (Fsp3) is 0. The van der Waals surface area contributed by atoms with Gasteiger partial charge in [-0.2, -0.15) is 0 Å². The zero-order valence-electron chi connectivity index (χ0n) is 11.7. The van der Waals surface area contributed by atoms with Crippen molar-refractivity contribution in [3.8, 4) is 5.69 Å². The molecule has 0 bridgehead atoms. The average Bonchev–Trinajstić information content (AvgIpc) is 2.55. The van der Waals surface area contributed by atoms with Gasteiger partial charge in [0.25, 0.3) is 0 Å². The van der Waals surface area contributed by atoms with E-state index in [4.69, 9.17) is 0 Å². The van der Waals surface area contributed by atoms with Gasteiger partial charge < -0.3 is 4.57 Å². The number of hydrogen-bond donors (Lipinski definition) is 0. The number of halogens is 1. The van der Waals surface area contributed by atoms with E-state index in [-0.39, 0.29) is 11.2 Å². The van der Waals surface area contributed by atoms with E-state index in [2.05, 4.69) is 0 Å². The molecule has 4 rings (SSSR count). The van der Waals surface area contributed by atoms with Crippen molar-refractivity contribution in [2.45, 2.75) is 0 Å². The molecule has 1 heterocycles. The minimum atomic E-state index is -0.302. The molecule has 0 spiro atoms. The number of fused-ring (bicyclic) bond motifs is 2. The van der Waals surface area contributed by atoms with Crippen LogP contribution in [0.25, 0.3) is 27.5 Å². The lowest BCUT2D eigenvalue weighted by Crippen LogP contribution is -2.10. The summed E-state index contributed by atoms with van der Waals surface area (Å²) in [5.41, 5.74) is 2.25. The van der Waals surface area contributed by atoms with Crippen LogP contribution in [-0.2, 0) is 0 Å². The van der Waals surface area contributed by atoms with Gasteiger partial charge in [-0.15, -0.1) is 0 Å². The Hall–Kier alpha value is -2.94. The van der Waals surface area contributed by atoms with E-state index in [0.717, 1.165) is 11.0 Å². The van der Waals surface area contributed by atoms with Crippen LogP contribution in [0.15, 0.2) is 77.6 Å². The molecular formula is C19H12FNO. The number of rotatable bonds is 1. The van der Waals surface area contributed by atoms with Gasteiger partial charge in [0, 0.05) is 16.5 Å². The Labute approximate surface area is 126 Å². The molecule has 0 unspecified atom stereocenters. The summed E-state index contributed by atoms with van der Waals surface area (Å²) in [4.78, 5) is 12.7. The van der Waals surface area contributed by atoms with Gasteiger partial charge in [0.2, 0.25) is 0 Å². The minimum Gasteiger partial charge on any atom is -0.309 e. The first kappa shape index (κ1) is 12.8. The van der Waals surface area contributed by atoms with Gasteiger partial charge in [-0.1, -0.05) is 30.3 Å². The fourth-order valence-electron chi connectivity index (χ4n) is 2.89. The highest BCUT2D eigenvalue weighted by Crippen LogP contribution is 2.23. The van der Waals surface area contributed by atoms with Crippen molar-refractivity contribution in [3.63, 3.8) is 0 Å². The Morgan fingerprint density at radius 2 is 1.32 bits per heavy atom. The van der Waals surface area contributed by atoms with Crippen LogP contribution in [0, 0.1) is 5.82 Å². The van der Waals surface area contributed by atoms with Crippen molar-refractivity contribution in [2.24, 2.45) is 0 Å². The molecule has 3 aromatic carbocycles. The Morgan fingerprint density at radius 1 is 0.727 bits per heavy atom. The van der Waals surface area contributed by atoms with Crippen LogP contribution >= 0.6 is 0 Å². The molecule has 0 aliphatic carbocycles. The standard InChI is InChI=1S/C19H12FNO/c20-13-6-5-7-14(12-13)21-17-10-3-1-8-15(17)19(22)16-9-2-4-11-18(16)21/h1-12H. The molecule has 0 radical (unpaired) electrons. The molecule has 0 aliphatic heterocycles. The molecule has 0 saturated carbocycles. The van der Waals surface area contributed by atoms with Crippen molar-refractivity contribution >= 4 is 21.8 Å². The van der Waals surface area contributed by atoms with Crippen LogP contribution in [0.4, 0.5) is 4.39 Å². The topological polar surface area (TPSA) is 22.0 Å². The maximum Gasteiger partial charge on any atom is 0.197 e. The average molecular weight is 289 g/mol. The van der Waals surface area contributed by atoms with Gasteiger partial charge in [-0.25, -0.2) is 4.39 Å². The predicted molar refractivity (Wildman–Crippen MR) is 87.0 cm³/mol. The molecule has 0 fully saturated rings. The first-order valence-electron chi connectivity index (χ1n) is 7.04. The maximum atomic E-state index is 13.7. The molecule has 0 aliphatic rings. The van der Waals surface area contributed by atoms with Crippen LogP contribution in [0.1, 0.15) is 0 Å². The van der Waals surface area contributed by atoms with Crippen molar-refractivity contribution < 1.29 is 4.39 Å². The number of hydrogen-bond acceptors (Lipinski definition) is 1. The molecule has 2 nitrogen and oxygen atoms in total. The van der Waals surface area contributed by atoms with Crippen molar-refractivity contribution in [1.29, 1.82) is 0 Å². The maximum absolute atomic E-state index is 13.7. The lowest BCUT2D eigenvalue weighted by atomic mass is 10.1. The Kier molecular flexibility index (Phi) is 2.79. The van der Waals surface area contributed by atoms with Crippen LogP contribution in [-0.4, -0.2) is 4.57 Å². The normalized spacial score (nSPS) is 11.1. The van der Waals surface area contributed by atoms with Gasteiger partial charge in [-0.05, 0) is 42.5 Å². The van der Waals surface area contributed by atoms with Gasteiger partial charge in [0.1, 0.15) is 5.82 Å². The Morgan fingerprint density at radius 3 is 1.91 bits per heavy atom. The van der Waals surface area contributed by atoms with Crippen LogP contribution < -0.4 is 5.43 Å². The third-order valence-electron chi connectivity index (χ3n) is 3.85. The smallest absolute Gasteiger partial charge is 0.197 e. The summed E-state index contributed by atoms with van der Waals surface area (Å²) in [7, 11) is 0. The summed E-state index contributed by atoms with van der Waals surface area (Å²) in [6.45, 7) is 0. The summed E-state index contributed by atoms with van der Waals surface area (Å²) in [6.07, 6.45) is 0. The van der Waals surface area contributed by atoms with E-state index in [1.807, 2.05) is 47.0 Å². The third-order valence-corrected chi connectivity index (χ3v) is 3.85. The number of nitrogens with zero attached hydrogens (tertiary/aromatic N) is 1. The second-order valence-electron chi connectivity index (χ2n) is 5.18. The van der Waals surface area contributed by atoms with Crippen LogP contribution in [0.5, 0.6) is 0 Å². The molecule has 3 heteroatoms. The second-order valence-corrected chi connectivity index (χ2v) is 5.18. The molecule has 22 heavy (non-hydrogen) atoms. The van der Waals surface area contributed by atoms with Gasteiger partial charge >= 0.3 is 0 Å². The molecule has 4 aromatic rings. The van der Waals surface area contributed by atoms with E-state index in [1.165, 1.54) is 12.1 Å². The Balaban J connectivity index is 2.28. The molecular weight excluding hydrogens is 277 g/mol. The predicted octanol–water partition coefficient (Wildman–Crippen LogP) is 4.28. The number of benzene rings is 3. The summed E-state index contributed by atoms with van der Waals surface area (Å²) in [6, 6.07) is 21.2.